The lowest BCUT2D eigenvalue weighted by atomic mass is 10.1. The van der Waals surface area contributed by atoms with Crippen LogP contribution in [-0.2, 0) is 17.9 Å². The van der Waals surface area contributed by atoms with Gasteiger partial charge in [-0.2, -0.15) is 10.4 Å². The van der Waals surface area contributed by atoms with Gasteiger partial charge in [0.15, 0.2) is 11.6 Å². The summed E-state index contributed by atoms with van der Waals surface area (Å²) in [6.07, 6.45) is 4.95. The van der Waals surface area contributed by atoms with Crippen LogP contribution in [0.5, 0.6) is 0 Å². The number of rotatable bonds is 8. The Kier molecular flexibility index (Phi) is 8.24. The number of carbonyl (C=O) groups excluding carboxylic acids is 2. The number of nitrogens with zero attached hydrogens (tertiary/aromatic N) is 12. The number of benzene rings is 2. The van der Waals surface area contributed by atoms with Crippen molar-refractivity contribution in [1.29, 1.82) is 0 Å². The second-order valence-corrected chi connectivity index (χ2v) is 10.3. The summed E-state index contributed by atoms with van der Waals surface area (Å²) in [5.74, 6) is 1.03. The Hall–Kier alpha value is -6.66. The molecule has 0 bridgehead atoms. The van der Waals surface area contributed by atoms with Gasteiger partial charge in [0.1, 0.15) is 16.8 Å². The lowest BCUT2D eigenvalue weighted by Gasteiger charge is -2.21. The molecular weight excluding hydrogens is 612 g/mol. The molecule has 0 unspecified atom stereocenters. The summed E-state index contributed by atoms with van der Waals surface area (Å²) in [5, 5.41) is 55.5. The smallest absolute Gasteiger partial charge is 0.262 e. The molecule has 0 aliphatic heterocycles. The van der Waals surface area contributed by atoms with Gasteiger partial charge in [-0.3, -0.25) is 9.59 Å². The minimum atomic E-state index is -0.241. The van der Waals surface area contributed by atoms with Crippen molar-refractivity contribution in [2.45, 2.75) is 40.3 Å². The summed E-state index contributed by atoms with van der Waals surface area (Å²) in [6.45, 7) is 5.69. The molecular formula is C28H28N14O5. The van der Waals surface area contributed by atoms with Crippen molar-refractivity contribution >= 4 is 45.0 Å². The summed E-state index contributed by atoms with van der Waals surface area (Å²) in [5.41, 5.74) is 3.65. The highest BCUT2D eigenvalue weighted by atomic mass is 16.5. The van der Waals surface area contributed by atoms with E-state index in [0.717, 1.165) is 20.6 Å². The van der Waals surface area contributed by atoms with E-state index in [1.165, 1.54) is 17.3 Å². The lowest BCUT2D eigenvalue weighted by Crippen LogP contribution is -2.31. The fourth-order valence-corrected chi connectivity index (χ4v) is 4.95. The average Bonchev–Trinajstić information content (AvgIpc) is 3.93. The molecule has 0 radical (unpaired) electrons. The number of aryl methyl sites for hydroxylation is 2. The van der Waals surface area contributed by atoms with E-state index in [9.17, 15) is 20.0 Å². The molecule has 2 amide bonds. The maximum atomic E-state index is 13.2. The summed E-state index contributed by atoms with van der Waals surface area (Å²) in [6, 6.07) is 10.4. The van der Waals surface area contributed by atoms with Crippen LogP contribution >= 0.6 is 0 Å². The first-order chi connectivity index (χ1) is 22.7. The number of anilines is 2. The number of amides is 2. The third kappa shape index (κ3) is 6.16. The Morgan fingerprint density at radius 1 is 0.830 bits per heavy atom. The van der Waals surface area contributed by atoms with Crippen LogP contribution in [0.25, 0.3) is 21.8 Å². The molecule has 19 nitrogen and oxygen atoms in total. The van der Waals surface area contributed by atoms with E-state index in [-0.39, 0.29) is 24.9 Å². The summed E-state index contributed by atoms with van der Waals surface area (Å²) in [7, 11) is 0. The van der Waals surface area contributed by atoms with Crippen molar-refractivity contribution in [3.05, 3.63) is 83.6 Å². The number of fused-ring (bicyclic) bond motifs is 2. The zero-order valence-corrected chi connectivity index (χ0v) is 25.3. The Labute approximate surface area is 264 Å². The summed E-state index contributed by atoms with van der Waals surface area (Å²) >= 11 is 0. The topological polar surface area (TPSA) is 239 Å². The average molecular weight is 641 g/mol. The predicted octanol–water partition coefficient (Wildman–Crippen LogP) is 2.57. The van der Waals surface area contributed by atoms with E-state index < -0.39 is 0 Å². The van der Waals surface area contributed by atoms with E-state index >= 15 is 0 Å². The summed E-state index contributed by atoms with van der Waals surface area (Å²) < 4.78 is 5.37. The van der Waals surface area contributed by atoms with Crippen molar-refractivity contribution in [3.63, 3.8) is 0 Å². The fraction of sp³-hybridized carbons (Fsp3) is 0.214. The number of tetrazole rings is 2. The minimum absolute atomic E-state index is 0.0597. The van der Waals surface area contributed by atoms with E-state index in [0.29, 0.717) is 57.2 Å². The molecule has 4 N–H and O–H groups in total. The molecule has 5 heterocycles. The van der Waals surface area contributed by atoms with E-state index in [2.05, 4.69) is 51.4 Å². The van der Waals surface area contributed by atoms with Crippen LogP contribution in [0, 0.1) is 13.8 Å². The largest absolute Gasteiger partial charge is 0.469 e. The molecule has 0 spiro atoms. The van der Waals surface area contributed by atoms with Crippen LogP contribution in [0.3, 0.4) is 0 Å². The fourth-order valence-electron chi connectivity index (χ4n) is 4.95. The monoisotopic (exact) mass is 640 g/mol. The van der Waals surface area contributed by atoms with Gasteiger partial charge in [-0.05, 0) is 50.2 Å². The van der Waals surface area contributed by atoms with E-state index in [1.54, 1.807) is 61.4 Å². The highest BCUT2D eigenvalue weighted by Gasteiger charge is 2.25. The molecule has 5 aromatic heterocycles. The molecule has 0 saturated heterocycles. The number of furan rings is 1. The SMILES string of the molecule is CCC(=O)N(Cc1nn[nH]n1)c1ccc2c(cnn2O)c1.Cc1coc(C)c1C(=O)N(Cc1nn[nH]n1)c1ccc2c(cnn2O)c1. The number of carbonyl (C=O) groups is 2. The van der Waals surface area contributed by atoms with Crippen LogP contribution in [0.1, 0.15) is 46.7 Å². The Balaban J connectivity index is 0.000000168. The van der Waals surface area contributed by atoms with Crippen molar-refractivity contribution in [2.75, 3.05) is 9.80 Å². The molecule has 240 valence electrons. The third-order valence-corrected chi connectivity index (χ3v) is 7.29. The van der Waals surface area contributed by atoms with Gasteiger partial charge < -0.3 is 24.6 Å². The number of aromatic amines is 2. The highest BCUT2D eigenvalue weighted by molar-refractivity contribution is 6.08. The first-order valence-corrected chi connectivity index (χ1v) is 14.2. The zero-order valence-electron chi connectivity index (χ0n) is 25.3. The molecule has 0 atom stereocenters. The number of H-pyrrole nitrogens is 2. The normalized spacial score (nSPS) is 11.0. The Morgan fingerprint density at radius 3 is 1.83 bits per heavy atom. The molecule has 47 heavy (non-hydrogen) atoms. The van der Waals surface area contributed by atoms with Gasteiger partial charge in [0, 0.05) is 34.1 Å². The molecule has 0 aliphatic carbocycles. The standard InChI is InChI=1S/C16H15N7O3.C12H13N7O2/c1-9-8-26-10(2)15(9)16(24)22(7-14-18-20-21-19-14)12-3-4-13-11(5-12)6-17-23(13)25;1-2-12(20)18(7-11-14-16-17-15-11)9-3-4-10-8(5-9)6-13-19(10)21/h3-6,8,25H,7H2,1-2H3,(H,18,19,20,21);3-6,21H,2,7H2,1H3,(H,14,15,16,17). The van der Waals surface area contributed by atoms with Crippen molar-refractivity contribution in [3.8, 4) is 0 Å². The number of hydrogen-bond acceptors (Lipinski definition) is 13. The molecule has 2 aromatic carbocycles. The molecule has 0 fully saturated rings. The van der Waals surface area contributed by atoms with Crippen LogP contribution in [0.15, 0.2) is 59.5 Å². The Bertz CT molecular complexity index is 2130. The van der Waals surface area contributed by atoms with E-state index in [4.69, 9.17) is 4.42 Å². The second kappa shape index (κ2) is 12.8. The number of nitrogens with one attached hydrogen (secondary N) is 2. The van der Waals surface area contributed by atoms with Crippen LogP contribution in [0.2, 0.25) is 0 Å². The lowest BCUT2D eigenvalue weighted by molar-refractivity contribution is -0.118. The van der Waals surface area contributed by atoms with Crippen LogP contribution in [0.4, 0.5) is 11.4 Å². The van der Waals surface area contributed by atoms with Gasteiger partial charge in [-0.15, -0.1) is 40.3 Å². The number of hydrogen-bond donors (Lipinski definition) is 4. The van der Waals surface area contributed by atoms with Gasteiger partial charge in [0.2, 0.25) is 5.91 Å². The van der Waals surface area contributed by atoms with Gasteiger partial charge in [-0.1, -0.05) is 17.4 Å². The van der Waals surface area contributed by atoms with Gasteiger partial charge in [0.05, 0.1) is 37.3 Å². The second-order valence-electron chi connectivity index (χ2n) is 10.3. The van der Waals surface area contributed by atoms with Gasteiger partial charge in [0.25, 0.3) is 5.91 Å². The van der Waals surface area contributed by atoms with Crippen LogP contribution in [-0.4, -0.2) is 83.4 Å². The zero-order chi connectivity index (χ0) is 33.1. The van der Waals surface area contributed by atoms with Crippen molar-refractivity contribution < 1.29 is 24.4 Å². The molecule has 19 heteroatoms. The predicted molar refractivity (Wildman–Crippen MR) is 162 cm³/mol. The first kappa shape index (κ1) is 30.4. The minimum Gasteiger partial charge on any atom is -0.469 e. The molecule has 0 saturated carbocycles. The van der Waals surface area contributed by atoms with E-state index in [1.807, 2.05) is 6.92 Å². The van der Waals surface area contributed by atoms with Crippen LogP contribution < -0.4 is 9.80 Å². The van der Waals surface area contributed by atoms with Gasteiger partial charge >= 0.3 is 0 Å². The highest BCUT2D eigenvalue weighted by Crippen LogP contribution is 2.27. The van der Waals surface area contributed by atoms with Crippen molar-refractivity contribution in [2.24, 2.45) is 0 Å². The summed E-state index contributed by atoms with van der Waals surface area (Å²) in [4.78, 5) is 30.1. The Morgan fingerprint density at radius 2 is 1.36 bits per heavy atom. The maximum Gasteiger partial charge on any atom is 0.262 e. The maximum absolute atomic E-state index is 13.2. The molecule has 7 rings (SSSR count). The van der Waals surface area contributed by atoms with Crippen molar-refractivity contribution in [1.82, 2.24) is 61.1 Å². The quantitative estimate of drug-likeness (QED) is 0.175. The molecule has 7 aromatic rings. The van der Waals surface area contributed by atoms with Gasteiger partial charge in [-0.25, -0.2) is 0 Å². The first-order valence-electron chi connectivity index (χ1n) is 14.2. The third-order valence-electron chi connectivity index (χ3n) is 7.29. The number of aromatic nitrogens is 12. The molecule has 0 aliphatic rings.